The number of nitrogens with one attached hydrogen (secondary N) is 1. The Labute approximate surface area is 91.2 Å². The lowest BCUT2D eigenvalue weighted by Crippen LogP contribution is -2.23. The van der Waals surface area contributed by atoms with E-state index in [1.54, 1.807) is 17.5 Å². The lowest BCUT2D eigenvalue weighted by Gasteiger charge is -2.09. The second-order valence-electron chi connectivity index (χ2n) is 3.21. The number of fused-ring (bicyclic) bond motifs is 1. The van der Waals surface area contributed by atoms with Crippen molar-refractivity contribution >= 4 is 27.2 Å². The monoisotopic (exact) mass is 224 g/mol. The Bertz CT molecular complexity index is 444. The summed E-state index contributed by atoms with van der Waals surface area (Å²) < 4.78 is 1.16. The van der Waals surface area contributed by atoms with Crippen molar-refractivity contribution in [1.82, 2.24) is 4.98 Å². The van der Waals surface area contributed by atoms with Gasteiger partial charge in [0.05, 0.1) is 12.7 Å². The topological polar surface area (TPSA) is 65.4 Å². The lowest BCUT2D eigenvalue weighted by molar-refractivity contribution is 0.105. The number of anilines is 1. The molecule has 0 amide bonds. The normalized spacial score (nSPS) is 12.9. The van der Waals surface area contributed by atoms with Crippen LogP contribution in [0.5, 0.6) is 0 Å². The molecule has 0 radical (unpaired) electrons. The maximum absolute atomic E-state index is 9.20. The average Bonchev–Trinajstić information content (AvgIpc) is 2.74. The quantitative estimate of drug-likeness (QED) is 0.726. The second kappa shape index (κ2) is 4.57. The summed E-state index contributed by atoms with van der Waals surface area (Å²) in [4.78, 5) is 4.19. The SMILES string of the molecule is OCC(O)CNc1nccc2sccc12. The number of thiophene rings is 1. The zero-order valence-corrected chi connectivity index (χ0v) is 8.87. The molecule has 0 fully saturated rings. The number of hydrogen-bond acceptors (Lipinski definition) is 5. The first-order valence-electron chi connectivity index (χ1n) is 4.66. The van der Waals surface area contributed by atoms with Gasteiger partial charge in [-0.1, -0.05) is 0 Å². The van der Waals surface area contributed by atoms with Gasteiger partial charge in [0.1, 0.15) is 5.82 Å². The molecular formula is C10H12N2O2S. The van der Waals surface area contributed by atoms with E-state index in [1.807, 2.05) is 17.5 Å². The van der Waals surface area contributed by atoms with Gasteiger partial charge in [0.15, 0.2) is 0 Å². The van der Waals surface area contributed by atoms with Crippen LogP contribution in [0.15, 0.2) is 23.7 Å². The number of hydrogen-bond donors (Lipinski definition) is 3. The molecule has 0 aromatic carbocycles. The molecule has 80 valence electrons. The van der Waals surface area contributed by atoms with E-state index in [4.69, 9.17) is 5.11 Å². The van der Waals surface area contributed by atoms with Crippen LogP contribution >= 0.6 is 11.3 Å². The van der Waals surface area contributed by atoms with Crippen LogP contribution in [0.1, 0.15) is 0 Å². The minimum absolute atomic E-state index is 0.243. The standard InChI is InChI=1S/C10H12N2O2S/c13-6-7(14)5-12-10-8-2-4-15-9(8)1-3-11-10/h1-4,7,13-14H,5-6H2,(H,11,12). The maximum atomic E-state index is 9.20. The molecule has 0 saturated heterocycles. The number of aliphatic hydroxyl groups is 2. The largest absolute Gasteiger partial charge is 0.394 e. The van der Waals surface area contributed by atoms with Gasteiger partial charge in [0.25, 0.3) is 0 Å². The predicted octanol–water partition coefficient (Wildman–Crippen LogP) is 1.06. The van der Waals surface area contributed by atoms with Crippen LogP contribution in [0, 0.1) is 0 Å². The van der Waals surface area contributed by atoms with Crippen LogP contribution in [-0.4, -0.2) is 34.5 Å². The van der Waals surface area contributed by atoms with Gasteiger partial charge >= 0.3 is 0 Å². The van der Waals surface area contributed by atoms with Gasteiger partial charge in [-0.15, -0.1) is 11.3 Å². The van der Waals surface area contributed by atoms with Crippen molar-refractivity contribution in [2.24, 2.45) is 0 Å². The zero-order valence-electron chi connectivity index (χ0n) is 8.05. The first kappa shape index (κ1) is 10.4. The Balaban J connectivity index is 2.17. The Morgan fingerprint density at radius 3 is 3.13 bits per heavy atom. The van der Waals surface area contributed by atoms with E-state index in [0.717, 1.165) is 15.9 Å². The van der Waals surface area contributed by atoms with Crippen LogP contribution in [0.2, 0.25) is 0 Å². The molecule has 1 atom stereocenters. The van der Waals surface area contributed by atoms with Crippen LogP contribution < -0.4 is 5.32 Å². The van der Waals surface area contributed by atoms with Crippen LogP contribution in [0.3, 0.4) is 0 Å². The summed E-state index contributed by atoms with van der Waals surface area (Å²) in [5.74, 6) is 0.751. The van der Waals surface area contributed by atoms with Crippen LogP contribution in [0.4, 0.5) is 5.82 Å². The fourth-order valence-electron chi connectivity index (χ4n) is 1.31. The fourth-order valence-corrected chi connectivity index (χ4v) is 2.10. The molecule has 0 spiro atoms. The maximum Gasteiger partial charge on any atom is 0.134 e. The van der Waals surface area contributed by atoms with Gasteiger partial charge in [0, 0.05) is 22.8 Å². The highest BCUT2D eigenvalue weighted by molar-refractivity contribution is 7.17. The third kappa shape index (κ3) is 2.26. The molecule has 4 nitrogen and oxygen atoms in total. The fraction of sp³-hybridized carbons (Fsp3) is 0.300. The number of pyridine rings is 1. The molecule has 2 aromatic heterocycles. The van der Waals surface area contributed by atoms with Crippen molar-refractivity contribution in [1.29, 1.82) is 0 Å². The van der Waals surface area contributed by atoms with Crippen molar-refractivity contribution < 1.29 is 10.2 Å². The van der Waals surface area contributed by atoms with Crippen molar-refractivity contribution in [2.75, 3.05) is 18.5 Å². The van der Waals surface area contributed by atoms with Gasteiger partial charge in [-0.2, -0.15) is 0 Å². The number of nitrogens with zero attached hydrogens (tertiary/aromatic N) is 1. The molecule has 0 aliphatic carbocycles. The Kier molecular flexibility index (Phi) is 3.15. The molecule has 0 bridgehead atoms. The second-order valence-corrected chi connectivity index (χ2v) is 4.16. The molecule has 2 rings (SSSR count). The summed E-state index contributed by atoms with van der Waals surface area (Å²) >= 11 is 1.65. The molecule has 0 aliphatic heterocycles. The van der Waals surface area contributed by atoms with E-state index >= 15 is 0 Å². The zero-order chi connectivity index (χ0) is 10.7. The van der Waals surface area contributed by atoms with E-state index in [-0.39, 0.29) is 6.61 Å². The highest BCUT2D eigenvalue weighted by Gasteiger charge is 2.05. The third-order valence-corrected chi connectivity index (χ3v) is 2.98. The van der Waals surface area contributed by atoms with E-state index in [0.29, 0.717) is 6.54 Å². The predicted molar refractivity (Wildman–Crippen MR) is 61.2 cm³/mol. The average molecular weight is 224 g/mol. The minimum Gasteiger partial charge on any atom is -0.394 e. The van der Waals surface area contributed by atoms with Gasteiger partial charge in [-0.3, -0.25) is 0 Å². The molecular weight excluding hydrogens is 212 g/mol. The molecule has 1 unspecified atom stereocenters. The van der Waals surface area contributed by atoms with E-state index < -0.39 is 6.10 Å². The highest BCUT2D eigenvalue weighted by Crippen LogP contribution is 2.25. The molecule has 0 saturated carbocycles. The Hall–Kier alpha value is -1.17. The summed E-state index contributed by atoms with van der Waals surface area (Å²) in [7, 11) is 0. The van der Waals surface area contributed by atoms with Crippen LogP contribution in [-0.2, 0) is 0 Å². The highest BCUT2D eigenvalue weighted by atomic mass is 32.1. The molecule has 0 aliphatic rings. The van der Waals surface area contributed by atoms with Crippen molar-refractivity contribution in [3.05, 3.63) is 23.7 Å². The number of rotatable bonds is 4. The Morgan fingerprint density at radius 2 is 2.33 bits per heavy atom. The Morgan fingerprint density at radius 1 is 1.47 bits per heavy atom. The van der Waals surface area contributed by atoms with E-state index in [1.165, 1.54) is 0 Å². The van der Waals surface area contributed by atoms with Crippen molar-refractivity contribution in [3.63, 3.8) is 0 Å². The molecule has 3 N–H and O–H groups in total. The summed E-state index contributed by atoms with van der Waals surface area (Å²) in [6.45, 7) is 0.0606. The minimum atomic E-state index is -0.749. The summed E-state index contributed by atoms with van der Waals surface area (Å²) in [6.07, 6.45) is 0.979. The van der Waals surface area contributed by atoms with E-state index in [9.17, 15) is 5.11 Å². The van der Waals surface area contributed by atoms with Gasteiger partial charge in [0.2, 0.25) is 0 Å². The lowest BCUT2D eigenvalue weighted by atomic mass is 10.3. The van der Waals surface area contributed by atoms with Crippen molar-refractivity contribution in [2.45, 2.75) is 6.10 Å². The summed E-state index contributed by atoms with van der Waals surface area (Å²) in [6, 6.07) is 3.94. The van der Waals surface area contributed by atoms with Gasteiger partial charge in [-0.05, 0) is 17.5 Å². The number of aliphatic hydroxyl groups excluding tert-OH is 2. The summed E-state index contributed by atoms with van der Waals surface area (Å²) in [5, 5.41) is 23.9. The first-order chi connectivity index (χ1) is 7.31. The molecule has 2 aromatic rings. The molecule has 15 heavy (non-hydrogen) atoms. The van der Waals surface area contributed by atoms with Crippen molar-refractivity contribution in [3.8, 4) is 0 Å². The smallest absolute Gasteiger partial charge is 0.134 e. The van der Waals surface area contributed by atoms with Gasteiger partial charge < -0.3 is 15.5 Å². The van der Waals surface area contributed by atoms with Crippen LogP contribution in [0.25, 0.3) is 10.1 Å². The third-order valence-electron chi connectivity index (χ3n) is 2.10. The van der Waals surface area contributed by atoms with E-state index in [2.05, 4.69) is 10.3 Å². The first-order valence-corrected chi connectivity index (χ1v) is 5.54. The molecule has 2 heterocycles. The number of aromatic nitrogens is 1. The summed E-state index contributed by atoms with van der Waals surface area (Å²) in [5.41, 5.74) is 0. The molecule has 5 heteroatoms. The van der Waals surface area contributed by atoms with Gasteiger partial charge in [-0.25, -0.2) is 4.98 Å².